The van der Waals surface area contributed by atoms with Gasteiger partial charge < -0.3 is 10.7 Å². The number of thioether (sulfide) groups is 1. The Morgan fingerprint density at radius 3 is 2.71 bits per heavy atom. The Balaban J connectivity index is 1.89. The van der Waals surface area contributed by atoms with E-state index >= 15 is 0 Å². The minimum absolute atomic E-state index is 0.0255. The summed E-state index contributed by atoms with van der Waals surface area (Å²) >= 11 is 1.08. The van der Waals surface area contributed by atoms with E-state index in [1.54, 1.807) is 6.20 Å². The smallest absolute Gasteiger partial charge is 0.384 e. The number of halogens is 3. The number of fused-ring (bicyclic) bond motifs is 1. The lowest BCUT2D eigenvalue weighted by Gasteiger charge is -2.12. The molecule has 0 aromatic carbocycles. The van der Waals surface area contributed by atoms with Crippen molar-refractivity contribution in [1.29, 1.82) is 0 Å². The number of rotatable bonds is 3. The van der Waals surface area contributed by atoms with Crippen molar-refractivity contribution in [3.05, 3.63) is 41.5 Å². The molecule has 3 heterocycles. The van der Waals surface area contributed by atoms with Crippen molar-refractivity contribution in [3.8, 4) is 0 Å². The fraction of sp³-hybridized carbons (Fsp3) is 0.267. The topological polar surface area (TPSA) is 80.5 Å². The second-order valence-corrected chi connectivity index (χ2v) is 6.65. The van der Waals surface area contributed by atoms with E-state index in [1.807, 2.05) is 26.1 Å². The van der Waals surface area contributed by atoms with Gasteiger partial charge in [-0.3, -0.25) is 4.98 Å². The van der Waals surface area contributed by atoms with Crippen LogP contribution in [0.1, 0.15) is 29.1 Å². The highest BCUT2D eigenvalue weighted by atomic mass is 32.2. The number of hydrogen-bond acceptors (Lipinski definition) is 5. The van der Waals surface area contributed by atoms with Gasteiger partial charge in [0.15, 0.2) is 10.9 Å². The highest BCUT2D eigenvalue weighted by molar-refractivity contribution is 7.99. The first-order valence-corrected chi connectivity index (χ1v) is 7.94. The van der Waals surface area contributed by atoms with Crippen LogP contribution < -0.4 is 5.73 Å². The first kappa shape index (κ1) is 16.6. The summed E-state index contributed by atoms with van der Waals surface area (Å²) < 4.78 is 38.5. The maximum Gasteiger partial charge on any atom is 0.433 e. The number of nitrogen functional groups attached to an aromatic ring is 1. The lowest BCUT2D eigenvalue weighted by Crippen LogP contribution is -2.11. The molecule has 126 valence electrons. The van der Waals surface area contributed by atoms with Crippen LogP contribution in [0.3, 0.4) is 0 Å². The molecule has 0 saturated heterocycles. The molecule has 9 heteroatoms. The van der Waals surface area contributed by atoms with Gasteiger partial charge in [-0.1, -0.05) is 11.8 Å². The summed E-state index contributed by atoms with van der Waals surface area (Å²) in [6, 6.07) is 2.64. The lowest BCUT2D eigenvalue weighted by atomic mass is 10.2. The standard InChI is InChI=1S/C15H14F3N5S/c1-7-5-20-11-6-21-10(3-9(7)11)8(2)24-14-22-12(15(16,17)18)4-13(19)23-14/h3-6,8,20H,1-2H3,(H2,19,22,23). The molecular weight excluding hydrogens is 339 g/mol. The van der Waals surface area contributed by atoms with E-state index < -0.39 is 11.9 Å². The predicted octanol–water partition coefficient (Wildman–Crippen LogP) is 4.12. The lowest BCUT2D eigenvalue weighted by molar-refractivity contribution is -0.141. The molecule has 3 rings (SSSR count). The minimum atomic E-state index is -4.56. The number of H-pyrrole nitrogens is 1. The average molecular weight is 353 g/mol. The number of nitrogens with zero attached hydrogens (tertiary/aromatic N) is 3. The van der Waals surface area contributed by atoms with Crippen LogP contribution in [0, 0.1) is 6.92 Å². The molecule has 0 aliphatic carbocycles. The number of hydrogen-bond donors (Lipinski definition) is 2. The number of aromatic amines is 1. The number of pyridine rings is 1. The van der Waals surface area contributed by atoms with Gasteiger partial charge in [0.05, 0.1) is 22.7 Å². The van der Waals surface area contributed by atoms with Gasteiger partial charge in [-0.15, -0.1) is 0 Å². The molecule has 5 nitrogen and oxygen atoms in total. The van der Waals surface area contributed by atoms with E-state index in [1.165, 1.54) is 0 Å². The van der Waals surface area contributed by atoms with Crippen molar-refractivity contribution in [2.45, 2.75) is 30.4 Å². The number of nitrogens with one attached hydrogen (secondary N) is 1. The predicted molar refractivity (Wildman–Crippen MR) is 86.5 cm³/mol. The molecule has 0 aliphatic rings. The summed E-state index contributed by atoms with van der Waals surface area (Å²) in [6.45, 7) is 3.80. The van der Waals surface area contributed by atoms with E-state index in [2.05, 4.69) is 19.9 Å². The van der Waals surface area contributed by atoms with Crippen LogP contribution in [0.5, 0.6) is 0 Å². The molecule has 3 aromatic heterocycles. The van der Waals surface area contributed by atoms with Gasteiger partial charge in [0.25, 0.3) is 0 Å². The van der Waals surface area contributed by atoms with Crippen molar-refractivity contribution < 1.29 is 13.2 Å². The summed E-state index contributed by atoms with van der Waals surface area (Å²) in [5.41, 5.74) is 7.14. The normalized spacial score (nSPS) is 13.4. The van der Waals surface area contributed by atoms with Crippen molar-refractivity contribution >= 4 is 28.5 Å². The molecule has 0 radical (unpaired) electrons. The van der Waals surface area contributed by atoms with Crippen LogP contribution in [0.2, 0.25) is 0 Å². The third-order valence-corrected chi connectivity index (χ3v) is 4.50. The molecule has 0 fully saturated rings. The van der Waals surface area contributed by atoms with Gasteiger partial charge >= 0.3 is 6.18 Å². The first-order chi connectivity index (χ1) is 11.2. The zero-order valence-electron chi connectivity index (χ0n) is 12.8. The summed E-state index contributed by atoms with van der Waals surface area (Å²) in [6.07, 6.45) is -0.977. The summed E-state index contributed by atoms with van der Waals surface area (Å²) in [5, 5.41) is 0.769. The van der Waals surface area contributed by atoms with Crippen LogP contribution in [0.25, 0.3) is 10.9 Å². The van der Waals surface area contributed by atoms with Crippen molar-refractivity contribution in [3.63, 3.8) is 0 Å². The fourth-order valence-electron chi connectivity index (χ4n) is 2.26. The second-order valence-electron chi connectivity index (χ2n) is 5.34. The molecule has 0 amide bonds. The maximum absolute atomic E-state index is 12.8. The van der Waals surface area contributed by atoms with Gasteiger partial charge in [-0.2, -0.15) is 13.2 Å². The molecule has 3 N–H and O–H groups in total. The molecule has 0 spiro atoms. The van der Waals surface area contributed by atoms with E-state index in [4.69, 9.17) is 5.73 Å². The van der Waals surface area contributed by atoms with Crippen molar-refractivity contribution in [2.24, 2.45) is 0 Å². The summed E-state index contributed by atoms with van der Waals surface area (Å²) in [5.74, 6) is -0.211. The van der Waals surface area contributed by atoms with Gasteiger partial charge in [-0.05, 0) is 25.5 Å². The highest BCUT2D eigenvalue weighted by Gasteiger charge is 2.33. The molecule has 1 unspecified atom stereocenters. The van der Waals surface area contributed by atoms with Gasteiger partial charge in [0.1, 0.15) is 5.82 Å². The van der Waals surface area contributed by atoms with Crippen LogP contribution in [-0.2, 0) is 6.18 Å². The Labute approximate surface area is 139 Å². The van der Waals surface area contributed by atoms with E-state index in [0.29, 0.717) is 0 Å². The molecule has 24 heavy (non-hydrogen) atoms. The number of anilines is 1. The molecule has 0 saturated carbocycles. The van der Waals surface area contributed by atoms with Crippen LogP contribution in [-0.4, -0.2) is 19.9 Å². The van der Waals surface area contributed by atoms with Crippen LogP contribution in [0.15, 0.2) is 29.7 Å². The minimum Gasteiger partial charge on any atom is -0.384 e. The Bertz CT molecular complexity index is 890. The first-order valence-electron chi connectivity index (χ1n) is 7.06. The zero-order chi connectivity index (χ0) is 17.5. The molecular formula is C15H14F3N5S. The molecule has 0 aliphatic heterocycles. The van der Waals surface area contributed by atoms with E-state index in [9.17, 15) is 13.2 Å². The SMILES string of the molecule is Cc1c[nH]c2cnc(C(C)Sc3nc(N)cc(C(F)(F)F)n3)cc12. The third-order valence-electron chi connectivity index (χ3n) is 3.51. The van der Waals surface area contributed by atoms with Crippen molar-refractivity contribution in [2.75, 3.05) is 5.73 Å². The van der Waals surface area contributed by atoms with Crippen LogP contribution in [0.4, 0.5) is 19.0 Å². The molecule has 0 bridgehead atoms. The van der Waals surface area contributed by atoms with Gasteiger partial charge in [0, 0.05) is 17.6 Å². The summed E-state index contributed by atoms with van der Waals surface area (Å²) in [4.78, 5) is 14.9. The molecule has 1 atom stereocenters. The largest absolute Gasteiger partial charge is 0.433 e. The Morgan fingerprint density at radius 2 is 2.00 bits per heavy atom. The number of nitrogens with two attached hydrogens (primary N) is 1. The average Bonchev–Trinajstić information content (AvgIpc) is 2.86. The zero-order valence-corrected chi connectivity index (χ0v) is 13.7. The number of alkyl halides is 3. The Hall–Kier alpha value is -2.29. The Kier molecular flexibility index (Phi) is 4.12. The maximum atomic E-state index is 12.8. The van der Waals surface area contributed by atoms with Gasteiger partial charge in [0.2, 0.25) is 0 Å². The third kappa shape index (κ3) is 3.30. The van der Waals surface area contributed by atoms with Gasteiger partial charge in [-0.25, -0.2) is 9.97 Å². The van der Waals surface area contributed by atoms with Crippen LogP contribution >= 0.6 is 11.8 Å². The number of aromatic nitrogens is 4. The number of aryl methyl sites for hydroxylation is 1. The summed E-state index contributed by atoms with van der Waals surface area (Å²) in [7, 11) is 0. The van der Waals surface area contributed by atoms with Crippen molar-refractivity contribution in [1.82, 2.24) is 19.9 Å². The highest BCUT2D eigenvalue weighted by Crippen LogP contribution is 2.35. The quantitative estimate of drug-likeness (QED) is 0.547. The molecule has 3 aromatic rings. The second kappa shape index (κ2) is 5.97. The fourth-order valence-corrected chi connectivity index (χ4v) is 3.13. The van der Waals surface area contributed by atoms with E-state index in [0.717, 1.165) is 40.0 Å². The van der Waals surface area contributed by atoms with E-state index in [-0.39, 0.29) is 16.2 Å². The Morgan fingerprint density at radius 1 is 1.25 bits per heavy atom. The monoisotopic (exact) mass is 353 g/mol.